The van der Waals surface area contributed by atoms with Crippen LogP contribution in [0.3, 0.4) is 0 Å². The molecule has 1 aliphatic rings. The van der Waals surface area contributed by atoms with Crippen LogP contribution in [0.2, 0.25) is 0 Å². The van der Waals surface area contributed by atoms with Crippen LogP contribution in [0.1, 0.15) is 30.1 Å². The number of sulfonamides is 1. The van der Waals surface area contributed by atoms with Gasteiger partial charge >= 0.3 is 0 Å². The van der Waals surface area contributed by atoms with E-state index in [1.807, 2.05) is 0 Å². The molecule has 0 N–H and O–H groups in total. The van der Waals surface area contributed by atoms with Gasteiger partial charge < -0.3 is 0 Å². The van der Waals surface area contributed by atoms with Crippen molar-refractivity contribution in [1.82, 2.24) is 4.31 Å². The summed E-state index contributed by atoms with van der Waals surface area (Å²) >= 11 is 0. The van der Waals surface area contributed by atoms with Crippen LogP contribution in [0.4, 0.5) is 4.39 Å². The normalized spacial score (nSPS) is 16.8. The largest absolute Gasteiger partial charge is 0.295 e. The molecule has 0 aromatic heterocycles. The number of piperidine rings is 1. The topological polar surface area (TPSA) is 88.6 Å². The predicted molar refractivity (Wildman–Crippen MR) is 102 cm³/mol. The summed E-state index contributed by atoms with van der Waals surface area (Å²) in [6.07, 6.45) is 0.288. The zero-order chi connectivity index (χ0) is 20.5. The highest BCUT2D eigenvalue weighted by Gasteiger charge is 2.35. The SMILES string of the molecule is CC(=O)c1cccc(S(=O)(=O)N2CCC(S(=O)(=O)c3ccc(F)cc3)CC2)c1. The number of Topliss-reactive ketones (excluding diaryl/α,β-unsaturated/α-hetero) is 1. The Hall–Kier alpha value is -2.10. The van der Waals surface area contributed by atoms with Crippen LogP contribution in [0, 0.1) is 5.82 Å². The van der Waals surface area contributed by atoms with Gasteiger partial charge in [0.05, 0.1) is 15.0 Å². The van der Waals surface area contributed by atoms with Crippen molar-refractivity contribution in [3.63, 3.8) is 0 Å². The fourth-order valence-corrected chi connectivity index (χ4v) is 6.47. The zero-order valence-corrected chi connectivity index (χ0v) is 16.8. The molecule has 0 aliphatic carbocycles. The first-order valence-corrected chi connectivity index (χ1v) is 11.7. The molecule has 3 rings (SSSR count). The van der Waals surface area contributed by atoms with E-state index in [0.29, 0.717) is 5.56 Å². The number of ketones is 1. The molecule has 0 spiro atoms. The monoisotopic (exact) mass is 425 g/mol. The number of carbonyl (C=O) groups excluding carboxylic acids is 1. The highest BCUT2D eigenvalue weighted by Crippen LogP contribution is 2.28. The van der Waals surface area contributed by atoms with Gasteiger partial charge in [0.1, 0.15) is 5.82 Å². The Morgan fingerprint density at radius 3 is 2.14 bits per heavy atom. The van der Waals surface area contributed by atoms with Gasteiger partial charge in [-0.2, -0.15) is 4.31 Å². The quantitative estimate of drug-likeness (QED) is 0.543. The lowest BCUT2D eigenvalue weighted by Crippen LogP contribution is -2.42. The third-order valence-electron chi connectivity index (χ3n) is 4.86. The average Bonchev–Trinajstić information content (AvgIpc) is 2.68. The molecule has 1 fully saturated rings. The third kappa shape index (κ3) is 4.01. The minimum absolute atomic E-state index is 0.0139. The van der Waals surface area contributed by atoms with E-state index >= 15 is 0 Å². The van der Waals surface area contributed by atoms with Crippen molar-refractivity contribution in [1.29, 1.82) is 0 Å². The van der Waals surface area contributed by atoms with Crippen molar-refractivity contribution in [2.24, 2.45) is 0 Å². The number of hydrogen-bond acceptors (Lipinski definition) is 5. The summed E-state index contributed by atoms with van der Waals surface area (Å²) in [6.45, 7) is 1.47. The zero-order valence-electron chi connectivity index (χ0n) is 15.2. The minimum Gasteiger partial charge on any atom is -0.295 e. The number of benzene rings is 2. The van der Waals surface area contributed by atoms with Crippen LogP contribution >= 0.6 is 0 Å². The van der Waals surface area contributed by atoms with Gasteiger partial charge in [-0.15, -0.1) is 0 Å². The number of halogens is 1. The molecule has 0 saturated carbocycles. The molecular weight excluding hydrogens is 405 g/mol. The molecule has 1 aliphatic heterocycles. The fourth-order valence-electron chi connectivity index (χ4n) is 3.22. The molecule has 0 atom stereocenters. The van der Waals surface area contributed by atoms with Crippen molar-refractivity contribution in [3.8, 4) is 0 Å². The Bertz CT molecular complexity index is 1090. The van der Waals surface area contributed by atoms with Crippen molar-refractivity contribution < 1.29 is 26.0 Å². The molecule has 0 amide bonds. The first-order chi connectivity index (χ1) is 13.1. The highest BCUT2D eigenvalue weighted by atomic mass is 32.2. The Morgan fingerprint density at radius 2 is 1.57 bits per heavy atom. The van der Waals surface area contributed by atoms with Gasteiger partial charge in [0.2, 0.25) is 10.0 Å². The summed E-state index contributed by atoms with van der Waals surface area (Å²) in [5.74, 6) is -0.756. The second kappa shape index (κ2) is 7.73. The van der Waals surface area contributed by atoms with Crippen molar-refractivity contribution in [2.45, 2.75) is 34.8 Å². The van der Waals surface area contributed by atoms with Gasteiger partial charge in [0, 0.05) is 18.7 Å². The van der Waals surface area contributed by atoms with E-state index in [9.17, 15) is 26.0 Å². The molecule has 150 valence electrons. The number of hydrogen-bond donors (Lipinski definition) is 0. The smallest absolute Gasteiger partial charge is 0.243 e. The first kappa shape index (κ1) is 20.6. The van der Waals surface area contributed by atoms with E-state index in [2.05, 4.69) is 0 Å². The molecular formula is C19H20FNO5S2. The highest BCUT2D eigenvalue weighted by molar-refractivity contribution is 7.92. The Balaban J connectivity index is 1.77. The van der Waals surface area contributed by atoms with E-state index in [1.165, 1.54) is 41.6 Å². The van der Waals surface area contributed by atoms with Gasteiger partial charge in [0.15, 0.2) is 15.6 Å². The lowest BCUT2D eigenvalue weighted by molar-refractivity contribution is 0.101. The summed E-state index contributed by atoms with van der Waals surface area (Å²) in [4.78, 5) is 11.6. The molecule has 1 heterocycles. The van der Waals surface area contributed by atoms with Crippen LogP contribution in [0.15, 0.2) is 58.3 Å². The summed E-state index contributed by atoms with van der Waals surface area (Å²) in [7, 11) is -7.48. The molecule has 2 aromatic rings. The Morgan fingerprint density at radius 1 is 0.964 bits per heavy atom. The standard InChI is InChI=1S/C19H20FNO5S2/c1-14(22)15-3-2-4-19(13-15)28(25,26)21-11-9-18(10-12-21)27(23,24)17-7-5-16(20)6-8-17/h2-8,13,18H,9-12H2,1H3. The van der Waals surface area contributed by atoms with Gasteiger partial charge in [-0.1, -0.05) is 12.1 Å². The van der Waals surface area contributed by atoms with Crippen molar-refractivity contribution >= 4 is 25.6 Å². The van der Waals surface area contributed by atoms with Crippen LogP contribution < -0.4 is 0 Å². The summed E-state index contributed by atoms with van der Waals surface area (Å²) in [6, 6.07) is 10.4. The number of carbonyl (C=O) groups is 1. The van der Waals surface area contributed by atoms with Gasteiger partial charge in [-0.3, -0.25) is 4.79 Å². The molecule has 0 bridgehead atoms. The maximum Gasteiger partial charge on any atom is 0.243 e. The lowest BCUT2D eigenvalue weighted by atomic mass is 10.2. The van der Waals surface area contributed by atoms with Gasteiger partial charge in [0.25, 0.3) is 0 Å². The first-order valence-electron chi connectivity index (χ1n) is 8.73. The second-order valence-corrected chi connectivity index (χ2v) is 10.9. The fraction of sp³-hybridized carbons (Fsp3) is 0.316. The summed E-state index contributed by atoms with van der Waals surface area (Å²) in [5.41, 5.74) is 0.301. The van der Waals surface area contributed by atoms with Crippen LogP contribution in [0.25, 0.3) is 0 Å². The van der Waals surface area contributed by atoms with E-state index in [4.69, 9.17) is 0 Å². The van der Waals surface area contributed by atoms with Gasteiger partial charge in [-0.05, 0) is 56.2 Å². The van der Waals surface area contributed by atoms with Gasteiger partial charge in [-0.25, -0.2) is 21.2 Å². The molecule has 1 saturated heterocycles. The number of sulfone groups is 1. The second-order valence-electron chi connectivity index (χ2n) is 6.69. The van der Waals surface area contributed by atoms with E-state index < -0.39 is 30.9 Å². The Kier molecular flexibility index (Phi) is 5.69. The maximum absolute atomic E-state index is 13.0. The third-order valence-corrected chi connectivity index (χ3v) is 9.03. The molecule has 9 heteroatoms. The van der Waals surface area contributed by atoms with E-state index in [-0.39, 0.29) is 41.5 Å². The predicted octanol–water partition coefficient (Wildman–Crippen LogP) is 2.66. The molecule has 0 unspecified atom stereocenters. The van der Waals surface area contributed by atoms with Crippen LogP contribution in [-0.4, -0.2) is 45.3 Å². The molecule has 0 radical (unpaired) electrons. The lowest BCUT2D eigenvalue weighted by Gasteiger charge is -2.31. The molecule has 2 aromatic carbocycles. The van der Waals surface area contributed by atoms with Crippen LogP contribution in [0.5, 0.6) is 0 Å². The van der Waals surface area contributed by atoms with Crippen LogP contribution in [-0.2, 0) is 19.9 Å². The maximum atomic E-state index is 13.0. The van der Waals surface area contributed by atoms with Crippen molar-refractivity contribution in [3.05, 3.63) is 59.9 Å². The number of rotatable bonds is 5. The Labute approximate surface area is 164 Å². The van der Waals surface area contributed by atoms with E-state index in [1.54, 1.807) is 6.07 Å². The minimum atomic E-state index is -3.82. The van der Waals surface area contributed by atoms with Crippen molar-refractivity contribution in [2.75, 3.05) is 13.1 Å². The van der Waals surface area contributed by atoms with E-state index in [0.717, 1.165) is 12.1 Å². The number of nitrogens with zero attached hydrogens (tertiary/aromatic N) is 1. The summed E-state index contributed by atoms with van der Waals surface area (Å²) in [5, 5.41) is -0.729. The average molecular weight is 426 g/mol. The molecule has 28 heavy (non-hydrogen) atoms. The summed E-state index contributed by atoms with van der Waals surface area (Å²) < 4.78 is 65.4. The molecule has 6 nitrogen and oxygen atoms in total.